The Hall–Kier alpha value is -3.53. The van der Waals surface area contributed by atoms with Crippen LogP contribution in [0, 0.1) is 11.8 Å². The standard InChI is InChI=1S/C36H48N4O8S2/c1-27(2)22-40(50(45,46)31-14-15-34-35(21-31)48-26-47-34)24-33(41)32(20-29-10-6-4-7-11-29)37-36(42)28(3)25-49(43,44)39-18-16-38(17-19-39)23-30-12-8-5-9-13-30/h4-15,21,27-28,32-33,41H,16-20,22-26H2,1-3H3,(H,37,42)/t28-,32+,33-/m1/s1. The molecule has 2 heterocycles. The average Bonchev–Trinajstić information content (AvgIpc) is 3.57. The van der Waals surface area contributed by atoms with Gasteiger partial charge in [-0.15, -0.1) is 0 Å². The second-order valence-corrected chi connectivity index (χ2v) is 17.4. The normalized spacial score (nSPS) is 17.5. The number of aliphatic hydroxyl groups excluding tert-OH is 1. The highest BCUT2D eigenvalue weighted by Gasteiger charge is 2.35. The minimum Gasteiger partial charge on any atom is -0.454 e. The Kier molecular flexibility index (Phi) is 12.6. The topological polar surface area (TPSA) is 146 Å². The summed E-state index contributed by atoms with van der Waals surface area (Å²) in [5, 5.41) is 14.5. The summed E-state index contributed by atoms with van der Waals surface area (Å²) in [6.07, 6.45) is -1.11. The molecule has 0 spiro atoms. The molecule has 3 atom stereocenters. The maximum absolute atomic E-state index is 13.9. The van der Waals surface area contributed by atoms with Crippen LogP contribution in [0.1, 0.15) is 31.9 Å². The lowest BCUT2D eigenvalue weighted by Crippen LogP contribution is -2.53. The van der Waals surface area contributed by atoms with Crippen LogP contribution in [-0.4, -0.2) is 105 Å². The maximum Gasteiger partial charge on any atom is 0.243 e. The van der Waals surface area contributed by atoms with Crippen molar-refractivity contribution in [1.29, 1.82) is 0 Å². The summed E-state index contributed by atoms with van der Waals surface area (Å²) in [4.78, 5) is 15.8. The summed E-state index contributed by atoms with van der Waals surface area (Å²) in [6.45, 7) is 7.71. The average molecular weight is 729 g/mol. The van der Waals surface area contributed by atoms with Crippen molar-refractivity contribution in [3.63, 3.8) is 0 Å². The molecule has 1 saturated heterocycles. The van der Waals surface area contributed by atoms with Gasteiger partial charge in [0.25, 0.3) is 0 Å². The van der Waals surface area contributed by atoms with E-state index in [2.05, 4.69) is 10.2 Å². The lowest BCUT2D eigenvalue weighted by atomic mass is 10.00. The van der Waals surface area contributed by atoms with E-state index in [-0.39, 0.29) is 42.9 Å². The predicted molar refractivity (Wildman–Crippen MR) is 190 cm³/mol. The third-order valence-corrected chi connectivity index (χ3v) is 12.8. The highest BCUT2D eigenvalue weighted by molar-refractivity contribution is 7.89. The number of carbonyl (C=O) groups is 1. The number of piperazine rings is 1. The number of amides is 1. The molecule has 0 unspecified atom stereocenters. The predicted octanol–water partition coefficient (Wildman–Crippen LogP) is 2.93. The summed E-state index contributed by atoms with van der Waals surface area (Å²) in [5.41, 5.74) is 1.98. The smallest absolute Gasteiger partial charge is 0.243 e. The van der Waals surface area contributed by atoms with E-state index in [1.807, 2.05) is 74.5 Å². The molecular weight excluding hydrogens is 681 g/mol. The summed E-state index contributed by atoms with van der Waals surface area (Å²) in [7, 11) is -7.83. The van der Waals surface area contributed by atoms with Gasteiger partial charge in [0, 0.05) is 51.9 Å². The second kappa shape index (κ2) is 16.7. The molecule has 1 fully saturated rings. The first-order chi connectivity index (χ1) is 23.8. The molecule has 3 aromatic rings. The molecule has 3 aromatic carbocycles. The first kappa shape index (κ1) is 37.7. The van der Waals surface area contributed by atoms with Crippen molar-refractivity contribution >= 4 is 26.0 Å². The van der Waals surface area contributed by atoms with Gasteiger partial charge in [0.05, 0.1) is 28.7 Å². The quantitative estimate of drug-likeness (QED) is 0.228. The Morgan fingerprint density at radius 2 is 1.46 bits per heavy atom. The Labute approximate surface area is 296 Å². The fourth-order valence-corrected chi connectivity index (χ4v) is 9.53. The van der Waals surface area contributed by atoms with Crippen LogP contribution in [0.4, 0.5) is 0 Å². The van der Waals surface area contributed by atoms with Crippen molar-refractivity contribution < 1.29 is 36.2 Å². The van der Waals surface area contributed by atoms with Crippen LogP contribution in [0.5, 0.6) is 11.5 Å². The molecule has 0 radical (unpaired) electrons. The van der Waals surface area contributed by atoms with E-state index in [1.165, 1.54) is 32.4 Å². The van der Waals surface area contributed by atoms with Crippen LogP contribution in [0.25, 0.3) is 0 Å². The molecule has 5 rings (SSSR count). The minimum absolute atomic E-state index is 0.000759. The zero-order valence-electron chi connectivity index (χ0n) is 28.8. The van der Waals surface area contributed by atoms with Crippen molar-refractivity contribution in [1.82, 2.24) is 18.8 Å². The summed E-state index contributed by atoms with van der Waals surface area (Å²) in [5.74, 6) is -1.14. The maximum atomic E-state index is 13.9. The highest BCUT2D eigenvalue weighted by atomic mass is 32.2. The molecule has 12 nitrogen and oxygen atoms in total. The Balaban J connectivity index is 1.26. The molecule has 272 valence electrons. The van der Waals surface area contributed by atoms with Crippen molar-refractivity contribution in [2.45, 2.75) is 50.8 Å². The van der Waals surface area contributed by atoms with Crippen molar-refractivity contribution in [3.8, 4) is 11.5 Å². The zero-order chi connectivity index (χ0) is 35.9. The number of benzene rings is 3. The van der Waals surface area contributed by atoms with Crippen LogP contribution in [0.15, 0.2) is 83.8 Å². The van der Waals surface area contributed by atoms with Gasteiger partial charge < -0.3 is 19.9 Å². The zero-order valence-corrected chi connectivity index (χ0v) is 30.5. The molecule has 0 saturated carbocycles. The molecule has 50 heavy (non-hydrogen) atoms. The number of nitrogens with zero attached hydrogens (tertiary/aromatic N) is 3. The SMILES string of the molecule is CC(C)CN(C[C@@H](O)[C@H](Cc1ccccc1)NC(=O)[C@H](C)CS(=O)(=O)N1CCN(Cc2ccccc2)CC1)S(=O)(=O)c1ccc2c(c1)OCO2. The number of carbonyl (C=O) groups excluding carboxylic acids is 1. The molecular formula is C36H48N4O8S2. The van der Waals surface area contributed by atoms with E-state index in [0.717, 1.165) is 12.1 Å². The number of ether oxygens (including phenoxy) is 2. The van der Waals surface area contributed by atoms with Gasteiger partial charge in [-0.1, -0.05) is 81.4 Å². The molecule has 0 aliphatic carbocycles. The van der Waals surface area contributed by atoms with Gasteiger partial charge in [-0.25, -0.2) is 16.8 Å². The summed E-state index contributed by atoms with van der Waals surface area (Å²) >= 11 is 0. The molecule has 0 bridgehead atoms. The third-order valence-electron chi connectivity index (χ3n) is 8.91. The number of hydrogen-bond donors (Lipinski definition) is 2. The third kappa shape index (κ3) is 9.83. The lowest BCUT2D eigenvalue weighted by Gasteiger charge is -2.34. The number of fused-ring (bicyclic) bond motifs is 1. The fourth-order valence-electron chi connectivity index (χ4n) is 6.18. The van der Waals surface area contributed by atoms with Gasteiger partial charge in [0.2, 0.25) is 32.7 Å². The van der Waals surface area contributed by atoms with E-state index < -0.39 is 44.0 Å². The minimum atomic E-state index is -4.09. The number of hydrogen-bond acceptors (Lipinski definition) is 9. The van der Waals surface area contributed by atoms with Crippen LogP contribution in [0.2, 0.25) is 0 Å². The van der Waals surface area contributed by atoms with Crippen LogP contribution < -0.4 is 14.8 Å². The first-order valence-corrected chi connectivity index (χ1v) is 20.0. The van der Waals surface area contributed by atoms with Crippen LogP contribution >= 0.6 is 0 Å². The van der Waals surface area contributed by atoms with Gasteiger partial charge in [-0.05, 0) is 35.6 Å². The van der Waals surface area contributed by atoms with Crippen LogP contribution in [-0.2, 0) is 37.8 Å². The van der Waals surface area contributed by atoms with Gasteiger partial charge in [-0.2, -0.15) is 8.61 Å². The largest absolute Gasteiger partial charge is 0.454 e. The lowest BCUT2D eigenvalue weighted by molar-refractivity contribution is -0.125. The summed E-state index contributed by atoms with van der Waals surface area (Å²) < 4.78 is 68.0. The van der Waals surface area contributed by atoms with Crippen LogP contribution in [0.3, 0.4) is 0 Å². The molecule has 1 amide bonds. The van der Waals surface area contributed by atoms with E-state index in [0.29, 0.717) is 37.7 Å². The molecule has 14 heteroatoms. The number of nitrogens with one attached hydrogen (secondary N) is 1. The monoisotopic (exact) mass is 728 g/mol. The molecule has 0 aromatic heterocycles. The van der Waals surface area contributed by atoms with Crippen molar-refractivity contribution in [2.24, 2.45) is 11.8 Å². The van der Waals surface area contributed by atoms with Crippen molar-refractivity contribution in [2.75, 3.05) is 51.8 Å². The Bertz CT molecular complexity index is 1780. The fraction of sp³-hybridized carbons (Fsp3) is 0.472. The van der Waals surface area contributed by atoms with Gasteiger partial charge in [-0.3, -0.25) is 9.69 Å². The molecule has 2 N–H and O–H groups in total. The molecule has 2 aliphatic rings. The second-order valence-electron chi connectivity index (χ2n) is 13.4. The van der Waals surface area contributed by atoms with E-state index in [9.17, 15) is 26.7 Å². The Morgan fingerprint density at radius 3 is 2.10 bits per heavy atom. The van der Waals surface area contributed by atoms with Gasteiger partial charge >= 0.3 is 0 Å². The van der Waals surface area contributed by atoms with E-state index in [4.69, 9.17) is 9.47 Å². The van der Waals surface area contributed by atoms with E-state index >= 15 is 0 Å². The number of aliphatic hydroxyl groups is 1. The van der Waals surface area contributed by atoms with E-state index in [1.54, 1.807) is 6.92 Å². The summed E-state index contributed by atoms with van der Waals surface area (Å²) in [6, 6.07) is 22.7. The number of rotatable bonds is 16. The first-order valence-electron chi connectivity index (χ1n) is 17.0. The molecule has 2 aliphatic heterocycles. The Morgan fingerprint density at radius 1 is 0.840 bits per heavy atom. The highest BCUT2D eigenvalue weighted by Crippen LogP contribution is 2.35. The van der Waals surface area contributed by atoms with Gasteiger partial charge in [0.1, 0.15) is 0 Å². The van der Waals surface area contributed by atoms with Gasteiger partial charge in [0.15, 0.2) is 11.5 Å². The van der Waals surface area contributed by atoms with Crippen molar-refractivity contribution in [3.05, 3.63) is 90.0 Å². The number of sulfonamides is 2.